The fourth-order valence-electron chi connectivity index (χ4n) is 4.74. The largest absolute Gasteiger partial charge is 0.486 e. The Kier molecular flexibility index (Phi) is 3.69. The summed E-state index contributed by atoms with van der Waals surface area (Å²) in [6.07, 6.45) is 4.53. The lowest BCUT2D eigenvalue weighted by Crippen LogP contribution is -2.50. The Morgan fingerprint density at radius 2 is 1.79 bits per heavy atom. The van der Waals surface area contributed by atoms with Crippen molar-refractivity contribution in [1.82, 2.24) is 4.90 Å². The number of fused-ring (bicyclic) bond motifs is 2. The highest BCUT2D eigenvalue weighted by Gasteiger charge is 2.49. The number of piperidine rings is 1. The average molecular weight is 331 g/mol. The van der Waals surface area contributed by atoms with E-state index in [1.807, 2.05) is 6.07 Å². The van der Waals surface area contributed by atoms with Crippen LogP contribution in [-0.4, -0.2) is 60.7 Å². The van der Waals surface area contributed by atoms with E-state index in [2.05, 4.69) is 17.0 Å². The summed E-state index contributed by atoms with van der Waals surface area (Å²) in [6, 6.07) is 6.53. The average Bonchev–Trinajstić information content (AvgIpc) is 3.39. The van der Waals surface area contributed by atoms with Crippen LogP contribution in [0.5, 0.6) is 11.5 Å². The summed E-state index contributed by atoms with van der Waals surface area (Å²) >= 11 is 0. The molecule has 24 heavy (non-hydrogen) atoms. The molecule has 0 unspecified atom stereocenters. The summed E-state index contributed by atoms with van der Waals surface area (Å²) < 4.78 is 17.2. The number of hydrogen-bond donors (Lipinski definition) is 1. The molecule has 1 saturated carbocycles. The van der Waals surface area contributed by atoms with E-state index in [1.165, 1.54) is 5.56 Å². The van der Waals surface area contributed by atoms with Crippen LogP contribution >= 0.6 is 0 Å². The summed E-state index contributed by atoms with van der Waals surface area (Å²) in [6.45, 7) is 3.35. The lowest BCUT2D eigenvalue weighted by Gasteiger charge is -2.41. The molecule has 5 nitrogen and oxygen atoms in total. The van der Waals surface area contributed by atoms with E-state index in [0.29, 0.717) is 31.3 Å². The van der Waals surface area contributed by atoms with Crippen LogP contribution < -0.4 is 9.47 Å². The number of ether oxygens (including phenoxy) is 3. The van der Waals surface area contributed by atoms with Crippen LogP contribution in [0.3, 0.4) is 0 Å². The zero-order chi connectivity index (χ0) is 16.1. The molecule has 0 bridgehead atoms. The van der Waals surface area contributed by atoms with Crippen LogP contribution in [0, 0.1) is 0 Å². The van der Waals surface area contributed by atoms with E-state index < -0.39 is 0 Å². The van der Waals surface area contributed by atoms with Crippen LogP contribution in [0.2, 0.25) is 0 Å². The molecule has 1 N–H and O–H groups in total. The van der Waals surface area contributed by atoms with Crippen molar-refractivity contribution in [2.75, 3.05) is 26.3 Å². The Bertz CT molecular complexity index is 613. The van der Waals surface area contributed by atoms with Gasteiger partial charge in [-0.1, -0.05) is 12.1 Å². The van der Waals surface area contributed by atoms with E-state index in [9.17, 15) is 5.11 Å². The zero-order valence-corrected chi connectivity index (χ0v) is 13.9. The van der Waals surface area contributed by atoms with Crippen LogP contribution in [0.15, 0.2) is 18.2 Å². The van der Waals surface area contributed by atoms with Gasteiger partial charge in [-0.2, -0.15) is 0 Å². The molecular weight excluding hydrogens is 306 g/mol. The summed E-state index contributed by atoms with van der Waals surface area (Å²) in [5.41, 5.74) is 1.29. The van der Waals surface area contributed by atoms with Crippen molar-refractivity contribution in [2.24, 2.45) is 0 Å². The van der Waals surface area contributed by atoms with Crippen molar-refractivity contribution in [2.45, 2.75) is 56.0 Å². The second kappa shape index (κ2) is 5.90. The molecule has 3 aliphatic heterocycles. The topological polar surface area (TPSA) is 54.5 Å². The first-order valence-corrected chi connectivity index (χ1v) is 9.25. The van der Waals surface area contributed by atoms with Gasteiger partial charge in [0.1, 0.15) is 13.2 Å². The number of likely N-dealkylation sites (tertiary alicyclic amines) is 1. The normalized spacial score (nSPS) is 36.2. The summed E-state index contributed by atoms with van der Waals surface area (Å²) in [5.74, 6) is 2.36. The van der Waals surface area contributed by atoms with Crippen molar-refractivity contribution in [3.63, 3.8) is 0 Å². The van der Waals surface area contributed by atoms with Crippen molar-refractivity contribution in [1.29, 1.82) is 0 Å². The maximum absolute atomic E-state index is 10.4. The Morgan fingerprint density at radius 3 is 2.67 bits per heavy atom. The minimum Gasteiger partial charge on any atom is -0.486 e. The molecule has 0 aromatic heterocycles. The van der Waals surface area contributed by atoms with Crippen molar-refractivity contribution in [3.05, 3.63) is 23.8 Å². The third-order valence-electron chi connectivity index (χ3n) is 6.11. The summed E-state index contributed by atoms with van der Waals surface area (Å²) in [7, 11) is 0. The highest BCUT2D eigenvalue weighted by molar-refractivity contribution is 5.49. The first-order chi connectivity index (χ1) is 11.8. The predicted molar refractivity (Wildman–Crippen MR) is 88.7 cm³/mol. The van der Waals surface area contributed by atoms with Crippen LogP contribution in [0.1, 0.15) is 37.2 Å². The van der Waals surface area contributed by atoms with Gasteiger partial charge in [-0.3, -0.25) is 4.90 Å². The van der Waals surface area contributed by atoms with E-state index in [-0.39, 0.29) is 12.1 Å². The smallest absolute Gasteiger partial charge is 0.164 e. The molecule has 130 valence electrons. The molecule has 3 fully saturated rings. The van der Waals surface area contributed by atoms with Gasteiger partial charge in [0.2, 0.25) is 0 Å². The lowest BCUT2D eigenvalue weighted by atomic mass is 9.85. The Labute approximate surface area is 142 Å². The second-order valence-electron chi connectivity index (χ2n) is 7.50. The van der Waals surface area contributed by atoms with Crippen molar-refractivity contribution in [3.8, 4) is 11.5 Å². The van der Waals surface area contributed by atoms with Gasteiger partial charge in [0.25, 0.3) is 0 Å². The van der Waals surface area contributed by atoms with Crippen LogP contribution in [-0.2, 0) is 4.74 Å². The molecule has 1 aromatic carbocycles. The van der Waals surface area contributed by atoms with Crippen molar-refractivity contribution >= 4 is 0 Å². The Hall–Kier alpha value is -1.30. The van der Waals surface area contributed by atoms with Gasteiger partial charge in [-0.05, 0) is 44.3 Å². The molecule has 0 spiro atoms. The zero-order valence-electron chi connectivity index (χ0n) is 13.9. The van der Waals surface area contributed by atoms with Gasteiger partial charge in [0, 0.05) is 18.0 Å². The number of epoxide rings is 1. The van der Waals surface area contributed by atoms with Crippen LogP contribution in [0.4, 0.5) is 0 Å². The van der Waals surface area contributed by atoms with E-state index in [1.54, 1.807) is 0 Å². The number of benzene rings is 1. The SMILES string of the molecule is O[C@@H]1C[C@H]2O[C@H]2C[C@H]1N1CCC(c2cccc3c2OCCO3)CC1. The molecule has 0 radical (unpaired) electrons. The molecular formula is C19H25NO4. The third-order valence-corrected chi connectivity index (χ3v) is 6.11. The van der Waals surface area contributed by atoms with Crippen LogP contribution in [0.25, 0.3) is 0 Å². The number of rotatable bonds is 2. The van der Waals surface area contributed by atoms with E-state index in [4.69, 9.17) is 14.2 Å². The van der Waals surface area contributed by atoms with E-state index in [0.717, 1.165) is 50.3 Å². The van der Waals surface area contributed by atoms with E-state index >= 15 is 0 Å². The third kappa shape index (κ3) is 2.59. The first-order valence-electron chi connectivity index (χ1n) is 9.25. The maximum atomic E-state index is 10.4. The molecule has 1 aromatic rings. The minimum absolute atomic E-state index is 0.230. The molecule has 1 aliphatic carbocycles. The Balaban J connectivity index is 1.27. The van der Waals surface area contributed by atoms with Gasteiger partial charge in [-0.15, -0.1) is 0 Å². The lowest BCUT2D eigenvalue weighted by molar-refractivity contribution is 0.0164. The number of aliphatic hydroxyl groups excluding tert-OH is 1. The maximum Gasteiger partial charge on any atom is 0.164 e. The molecule has 0 amide bonds. The minimum atomic E-state index is -0.230. The quantitative estimate of drug-likeness (QED) is 0.839. The van der Waals surface area contributed by atoms with Gasteiger partial charge >= 0.3 is 0 Å². The molecule has 5 rings (SSSR count). The fraction of sp³-hybridized carbons (Fsp3) is 0.684. The molecule has 2 saturated heterocycles. The monoisotopic (exact) mass is 331 g/mol. The standard InChI is InChI=1S/C19H25NO4/c21-15-11-18-17(24-18)10-14(15)20-6-4-12(5-7-20)13-2-1-3-16-19(13)23-9-8-22-16/h1-3,12,14-15,17-18,21H,4-11H2/t14-,15-,17+,18-/m1/s1. The number of nitrogens with zero attached hydrogens (tertiary/aromatic N) is 1. The first kappa shape index (κ1) is 15.0. The molecule has 5 heteroatoms. The highest BCUT2D eigenvalue weighted by Crippen LogP contribution is 2.43. The Morgan fingerprint density at radius 1 is 1.00 bits per heavy atom. The predicted octanol–water partition coefficient (Wildman–Crippen LogP) is 1.93. The summed E-state index contributed by atoms with van der Waals surface area (Å²) in [4.78, 5) is 2.48. The van der Waals surface area contributed by atoms with Gasteiger partial charge in [0.15, 0.2) is 11.5 Å². The molecule has 3 heterocycles. The summed E-state index contributed by atoms with van der Waals surface area (Å²) in [5, 5.41) is 10.4. The molecule has 4 atom stereocenters. The van der Waals surface area contributed by atoms with Crippen molar-refractivity contribution < 1.29 is 19.3 Å². The highest BCUT2D eigenvalue weighted by atomic mass is 16.6. The van der Waals surface area contributed by atoms with Gasteiger partial charge in [0.05, 0.1) is 18.3 Å². The van der Waals surface area contributed by atoms with Gasteiger partial charge < -0.3 is 19.3 Å². The van der Waals surface area contributed by atoms with Gasteiger partial charge in [-0.25, -0.2) is 0 Å². The number of hydrogen-bond acceptors (Lipinski definition) is 5. The molecule has 4 aliphatic rings. The number of aliphatic hydroxyl groups is 1. The fourth-order valence-corrected chi connectivity index (χ4v) is 4.74. The second-order valence-corrected chi connectivity index (χ2v) is 7.50. The number of para-hydroxylation sites is 1.